The maximum atomic E-state index is 12.9. The van der Waals surface area contributed by atoms with E-state index < -0.39 is 6.10 Å². The minimum absolute atomic E-state index is 0.00150. The Labute approximate surface area is 170 Å². The zero-order chi connectivity index (χ0) is 19.8. The van der Waals surface area contributed by atoms with Gasteiger partial charge in [-0.25, -0.2) is 0 Å². The summed E-state index contributed by atoms with van der Waals surface area (Å²) in [7, 11) is 0. The highest BCUT2D eigenvalue weighted by atomic mass is 32.2. The van der Waals surface area contributed by atoms with E-state index in [9.17, 15) is 4.79 Å². The van der Waals surface area contributed by atoms with Gasteiger partial charge in [-0.3, -0.25) is 4.79 Å². The highest BCUT2D eigenvalue weighted by Gasteiger charge is 2.28. The number of nitrogens with zero attached hydrogens (tertiary/aromatic N) is 2. The van der Waals surface area contributed by atoms with Crippen LogP contribution in [0.3, 0.4) is 0 Å². The van der Waals surface area contributed by atoms with Gasteiger partial charge >= 0.3 is 0 Å². The molecule has 0 radical (unpaired) electrons. The molecule has 1 aliphatic rings. The van der Waals surface area contributed by atoms with Crippen LogP contribution in [-0.2, 0) is 0 Å². The molecule has 3 heterocycles. The minimum Gasteiger partial charge on any atom is -0.485 e. The number of para-hydroxylation sites is 3. The van der Waals surface area contributed by atoms with Gasteiger partial charge in [0.2, 0.25) is 6.10 Å². The number of carbonyl (C=O) groups excluding carboxylic acids is 1. The third kappa shape index (κ3) is 3.36. The molecule has 0 bridgehead atoms. The number of rotatable bonds is 5. The van der Waals surface area contributed by atoms with Crippen LogP contribution in [0.1, 0.15) is 29.3 Å². The highest BCUT2D eigenvalue weighted by Crippen LogP contribution is 2.36. The number of fused-ring (bicyclic) bond motifs is 2. The molecule has 2 aromatic heterocycles. The van der Waals surface area contributed by atoms with E-state index in [1.54, 1.807) is 6.20 Å². The standard InChI is InChI=1S/C21H17N3O4S/c1-12(19(25)14-10-22-15-7-3-2-6-13(14)15)29-21-24-23-20(28-21)18-11-26-16-8-4-5-9-17(16)27-18/h2-10,12,18,22H,11H2,1H3/t12-,18+/m1/s1. The number of thioether (sulfide) groups is 1. The first-order valence-corrected chi connectivity index (χ1v) is 10.1. The molecule has 0 amide bonds. The van der Waals surface area contributed by atoms with E-state index in [2.05, 4.69) is 15.2 Å². The Balaban J connectivity index is 1.29. The maximum absolute atomic E-state index is 12.9. The summed E-state index contributed by atoms with van der Waals surface area (Å²) in [5, 5.41) is 8.99. The zero-order valence-corrected chi connectivity index (χ0v) is 16.3. The molecule has 29 heavy (non-hydrogen) atoms. The van der Waals surface area contributed by atoms with Crippen molar-refractivity contribution in [2.45, 2.75) is 23.5 Å². The normalized spacial score (nSPS) is 16.7. The summed E-state index contributed by atoms with van der Waals surface area (Å²) in [6, 6.07) is 15.2. The fraction of sp³-hybridized carbons (Fsp3) is 0.190. The smallest absolute Gasteiger partial charge is 0.277 e. The van der Waals surface area contributed by atoms with Gasteiger partial charge in [0.15, 0.2) is 17.3 Å². The van der Waals surface area contributed by atoms with Gasteiger partial charge in [-0.05, 0) is 25.1 Å². The van der Waals surface area contributed by atoms with Crippen molar-refractivity contribution in [3.63, 3.8) is 0 Å². The third-order valence-corrected chi connectivity index (χ3v) is 5.64. The lowest BCUT2D eigenvalue weighted by Gasteiger charge is -2.23. The van der Waals surface area contributed by atoms with Crippen molar-refractivity contribution in [2.24, 2.45) is 0 Å². The SMILES string of the molecule is C[C@@H](Sc1nnc([C@@H]2COc3ccccc3O2)o1)C(=O)c1c[nH]c2ccccc12. The Kier molecular flexibility index (Phi) is 4.48. The van der Waals surface area contributed by atoms with Crippen molar-refractivity contribution in [2.75, 3.05) is 6.61 Å². The summed E-state index contributed by atoms with van der Waals surface area (Å²) < 4.78 is 17.3. The summed E-state index contributed by atoms with van der Waals surface area (Å²) in [5.41, 5.74) is 1.59. The lowest BCUT2D eigenvalue weighted by Crippen LogP contribution is -2.21. The van der Waals surface area contributed by atoms with Gasteiger partial charge in [0.25, 0.3) is 11.1 Å². The fourth-order valence-corrected chi connectivity index (χ4v) is 4.00. The van der Waals surface area contributed by atoms with E-state index in [1.165, 1.54) is 11.8 Å². The molecule has 0 aliphatic carbocycles. The number of carbonyl (C=O) groups is 1. The molecule has 1 N–H and O–H groups in total. The lowest BCUT2D eigenvalue weighted by molar-refractivity contribution is 0.0686. The third-order valence-electron chi connectivity index (χ3n) is 4.71. The number of aromatic amines is 1. The molecule has 0 fully saturated rings. The zero-order valence-electron chi connectivity index (χ0n) is 15.5. The number of ether oxygens (including phenoxy) is 2. The van der Waals surface area contributed by atoms with E-state index in [1.807, 2.05) is 55.5 Å². The van der Waals surface area contributed by atoms with Crippen LogP contribution < -0.4 is 9.47 Å². The van der Waals surface area contributed by atoms with Crippen LogP contribution in [0.2, 0.25) is 0 Å². The minimum atomic E-state index is -0.480. The summed E-state index contributed by atoms with van der Waals surface area (Å²) in [6.07, 6.45) is 1.26. The van der Waals surface area contributed by atoms with Crippen LogP contribution in [0.5, 0.6) is 11.5 Å². The first-order valence-electron chi connectivity index (χ1n) is 9.18. The number of ketones is 1. The van der Waals surface area contributed by atoms with Gasteiger partial charge in [0, 0.05) is 22.7 Å². The monoisotopic (exact) mass is 407 g/mol. The Morgan fingerprint density at radius 1 is 1.14 bits per heavy atom. The van der Waals surface area contributed by atoms with Gasteiger partial charge in [-0.15, -0.1) is 10.2 Å². The van der Waals surface area contributed by atoms with E-state index in [4.69, 9.17) is 13.9 Å². The number of aromatic nitrogens is 3. The average molecular weight is 407 g/mol. The predicted octanol–water partition coefficient (Wildman–Crippen LogP) is 4.43. The van der Waals surface area contributed by atoms with Gasteiger partial charge in [-0.2, -0.15) is 0 Å². The number of benzene rings is 2. The number of hydrogen-bond donors (Lipinski definition) is 1. The second kappa shape index (κ2) is 7.29. The molecule has 2 aromatic carbocycles. The van der Waals surface area contributed by atoms with Crippen molar-refractivity contribution in [1.82, 2.24) is 15.2 Å². The van der Waals surface area contributed by atoms with Gasteiger partial charge in [0.05, 0.1) is 5.25 Å². The van der Waals surface area contributed by atoms with Crippen molar-refractivity contribution < 1.29 is 18.7 Å². The second-order valence-corrected chi connectivity index (χ2v) is 7.93. The van der Waals surface area contributed by atoms with Crippen LogP contribution in [0, 0.1) is 0 Å². The van der Waals surface area contributed by atoms with Gasteiger partial charge in [0.1, 0.15) is 6.61 Å². The lowest BCUT2D eigenvalue weighted by atomic mass is 10.1. The molecule has 146 valence electrons. The molecular formula is C21H17N3O4S. The topological polar surface area (TPSA) is 90.2 Å². The molecule has 1 aliphatic heterocycles. The van der Waals surface area contributed by atoms with Crippen molar-refractivity contribution in [3.8, 4) is 11.5 Å². The number of hydrogen-bond acceptors (Lipinski definition) is 7. The molecule has 8 heteroatoms. The molecule has 0 spiro atoms. The number of nitrogens with one attached hydrogen (secondary N) is 1. The second-order valence-electron chi connectivity index (χ2n) is 6.64. The van der Waals surface area contributed by atoms with E-state index in [-0.39, 0.29) is 17.6 Å². The molecule has 0 saturated heterocycles. The van der Waals surface area contributed by atoms with Crippen LogP contribution in [0.25, 0.3) is 10.9 Å². The molecule has 0 saturated carbocycles. The maximum Gasteiger partial charge on any atom is 0.277 e. The molecule has 5 rings (SSSR count). The van der Waals surface area contributed by atoms with Crippen LogP contribution in [-0.4, -0.2) is 32.8 Å². The fourth-order valence-electron chi connectivity index (χ4n) is 3.24. The molecular weight excluding hydrogens is 390 g/mol. The highest BCUT2D eigenvalue weighted by molar-refractivity contribution is 8.00. The molecule has 2 atom stereocenters. The molecule has 4 aromatic rings. The quantitative estimate of drug-likeness (QED) is 0.387. The Bertz CT molecular complexity index is 1190. The molecule has 7 nitrogen and oxygen atoms in total. The van der Waals surface area contributed by atoms with Crippen molar-refractivity contribution in [1.29, 1.82) is 0 Å². The van der Waals surface area contributed by atoms with Gasteiger partial charge < -0.3 is 18.9 Å². The number of H-pyrrole nitrogens is 1. The Morgan fingerprint density at radius 3 is 2.83 bits per heavy atom. The average Bonchev–Trinajstić information content (AvgIpc) is 3.40. The Hall–Kier alpha value is -3.26. The summed E-state index contributed by atoms with van der Waals surface area (Å²) in [4.78, 5) is 16.0. The van der Waals surface area contributed by atoms with E-state index in [0.29, 0.717) is 28.2 Å². The van der Waals surface area contributed by atoms with Crippen LogP contribution in [0.4, 0.5) is 0 Å². The molecule has 0 unspecified atom stereocenters. The predicted molar refractivity (Wildman–Crippen MR) is 108 cm³/mol. The largest absolute Gasteiger partial charge is 0.485 e. The van der Waals surface area contributed by atoms with Crippen molar-refractivity contribution >= 4 is 28.4 Å². The van der Waals surface area contributed by atoms with Gasteiger partial charge in [-0.1, -0.05) is 42.1 Å². The van der Waals surface area contributed by atoms with Crippen LogP contribution >= 0.6 is 11.8 Å². The van der Waals surface area contributed by atoms with E-state index >= 15 is 0 Å². The van der Waals surface area contributed by atoms with Crippen molar-refractivity contribution in [3.05, 3.63) is 66.2 Å². The summed E-state index contributed by atoms with van der Waals surface area (Å²) >= 11 is 1.23. The number of Topliss-reactive ketones (excluding diaryl/α,β-unsaturated/α-hetero) is 1. The summed E-state index contributed by atoms with van der Waals surface area (Å²) in [5.74, 6) is 1.65. The summed E-state index contributed by atoms with van der Waals surface area (Å²) in [6.45, 7) is 2.11. The van der Waals surface area contributed by atoms with Crippen LogP contribution in [0.15, 0.2) is 64.4 Å². The Morgan fingerprint density at radius 2 is 1.93 bits per heavy atom. The van der Waals surface area contributed by atoms with E-state index in [0.717, 1.165) is 10.9 Å². The first-order chi connectivity index (χ1) is 14.2. The first kappa shape index (κ1) is 17.8.